The molecule has 1 aromatic heterocycles. The molecule has 2 aromatic rings. The summed E-state index contributed by atoms with van der Waals surface area (Å²) in [6.07, 6.45) is 3.34. The molecule has 0 bridgehead atoms. The van der Waals surface area contributed by atoms with E-state index in [9.17, 15) is 9.59 Å². The zero-order chi connectivity index (χ0) is 19.8. The Morgan fingerprint density at radius 3 is 2.78 bits per heavy atom. The Morgan fingerprint density at radius 2 is 2.15 bits per heavy atom. The SMILES string of the molecule is CCCCc1cc(=O)[nH]c(SC(CC)C(=O)Nc2ccc(OC)c(Cl)c2)n1. The van der Waals surface area contributed by atoms with E-state index in [0.29, 0.717) is 28.0 Å². The maximum absolute atomic E-state index is 12.6. The number of H-pyrrole nitrogens is 1. The number of carbonyl (C=O) groups is 1. The van der Waals surface area contributed by atoms with E-state index < -0.39 is 5.25 Å². The molecule has 8 heteroatoms. The van der Waals surface area contributed by atoms with Gasteiger partial charge in [-0.25, -0.2) is 4.98 Å². The van der Waals surface area contributed by atoms with Crippen LogP contribution in [0.1, 0.15) is 38.8 Å². The van der Waals surface area contributed by atoms with Crippen LogP contribution in [-0.2, 0) is 11.2 Å². The Kier molecular flexibility index (Phi) is 8.19. The van der Waals surface area contributed by atoms with Gasteiger partial charge in [-0.1, -0.05) is 43.6 Å². The molecule has 6 nitrogen and oxygen atoms in total. The molecule has 1 atom stereocenters. The van der Waals surface area contributed by atoms with Crippen molar-refractivity contribution in [1.29, 1.82) is 0 Å². The molecule has 0 fully saturated rings. The Hall–Kier alpha value is -1.99. The van der Waals surface area contributed by atoms with Crippen LogP contribution in [-0.4, -0.2) is 28.2 Å². The van der Waals surface area contributed by atoms with E-state index in [-0.39, 0.29) is 11.5 Å². The number of hydrogen-bond acceptors (Lipinski definition) is 5. The lowest BCUT2D eigenvalue weighted by molar-refractivity contribution is -0.115. The summed E-state index contributed by atoms with van der Waals surface area (Å²) in [6.45, 7) is 4.00. The van der Waals surface area contributed by atoms with Gasteiger partial charge in [0.25, 0.3) is 5.56 Å². The number of aromatic nitrogens is 2. The number of nitrogens with one attached hydrogen (secondary N) is 2. The van der Waals surface area contributed by atoms with Crippen LogP contribution in [0.2, 0.25) is 5.02 Å². The minimum Gasteiger partial charge on any atom is -0.495 e. The number of unbranched alkanes of at least 4 members (excludes halogenated alkanes) is 1. The minimum absolute atomic E-state index is 0.176. The van der Waals surface area contributed by atoms with Gasteiger partial charge in [0.15, 0.2) is 5.16 Å². The molecule has 1 amide bonds. The van der Waals surface area contributed by atoms with Crippen LogP contribution in [0.5, 0.6) is 5.75 Å². The topological polar surface area (TPSA) is 84.1 Å². The van der Waals surface area contributed by atoms with Crippen LogP contribution >= 0.6 is 23.4 Å². The van der Waals surface area contributed by atoms with Crippen molar-refractivity contribution in [3.63, 3.8) is 0 Å². The third kappa shape index (κ3) is 6.29. The number of thioether (sulfide) groups is 1. The van der Waals surface area contributed by atoms with Crippen LogP contribution in [0.4, 0.5) is 5.69 Å². The smallest absolute Gasteiger partial charge is 0.251 e. The molecule has 1 unspecified atom stereocenters. The van der Waals surface area contributed by atoms with Crippen molar-refractivity contribution in [2.24, 2.45) is 0 Å². The third-order valence-corrected chi connectivity index (χ3v) is 5.44. The average molecular weight is 410 g/mol. The van der Waals surface area contributed by atoms with E-state index in [4.69, 9.17) is 16.3 Å². The number of amides is 1. The molecule has 27 heavy (non-hydrogen) atoms. The number of anilines is 1. The number of halogens is 1. The largest absolute Gasteiger partial charge is 0.495 e. The second kappa shape index (κ2) is 10.4. The molecule has 146 valence electrons. The first kappa shape index (κ1) is 21.3. The van der Waals surface area contributed by atoms with Crippen molar-refractivity contribution in [3.8, 4) is 5.75 Å². The second-order valence-corrected chi connectivity index (χ2v) is 7.60. The number of methoxy groups -OCH3 is 1. The summed E-state index contributed by atoms with van der Waals surface area (Å²) in [5.74, 6) is 0.368. The van der Waals surface area contributed by atoms with Crippen LogP contribution in [0.3, 0.4) is 0 Å². The van der Waals surface area contributed by atoms with Crippen LogP contribution < -0.4 is 15.6 Å². The number of nitrogens with zero attached hydrogens (tertiary/aromatic N) is 1. The Balaban J connectivity index is 2.10. The molecule has 1 heterocycles. The number of aryl methyl sites for hydroxylation is 1. The summed E-state index contributed by atoms with van der Waals surface area (Å²) in [5, 5.41) is 3.34. The van der Waals surface area contributed by atoms with Crippen molar-refractivity contribution < 1.29 is 9.53 Å². The van der Waals surface area contributed by atoms with Gasteiger partial charge in [-0.15, -0.1) is 0 Å². The van der Waals surface area contributed by atoms with Crippen molar-refractivity contribution in [2.45, 2.75) is 49.9 Å². The van der Waals surface area contributed by atoms with Gasteiger partial charge in [-0.3, -0.25) is 9.59 Å². The highest BCUT2D eigenvalue weighted by Gasteiger charge is 2.20. The van der Waals surface area contributed by atoms with Gasteiger partial charge in [0.2, 0.25) is 5.91 Å². The van der Waals surface area contributed by atoms with E-state index in [0.717, 1.165) is 25.0 Å². The minimum atomic E-state index is -0.393. The standard InChI is InChI=1S/C19H24ClN3O3S/c1-4-6-7-12-11-17(24)23-19(22-12)27-16(5-2)18(25)21-13-8-9-15(26-3)14(20)10-13/h8-11,16H,4-7H2,1-3H3,(H,21,25)(H,22,23,24). The van der Waals surface area contributed by atoms with E-state index >= 15 is 0 Å². The van der Waals surface area contributed by atoms with Crippen molar-refractivity contribution >= 4 is 35.0 Å². The molecule has 0 aliphatic carbocycles. The fourth-order valence-corrected chi connectivity index (χ4v) is 3.64. The molecule has 0 saturated carbocycles. The maximum atomic E-state index is 12.6. The monoisotopic (exact) mass is 409 g/mol. The first-order valence-electron chi connectivity index (χ1n) is 8.88. The summed E-state index contributed by atoms with van der Waals surface area (Å²) < 4.78 is 5.11. The first-order chi connectivity index (χ1) is 13.0. The van der Waals surface area contributed by atoms with Gasteiger partial charge in [0.1, 0.15) is 5.75 Å². The molecule has 2 rings (SSSR count). The summed E-state index contributed by atoms with van der Waals surface area (Å²) in [5.41, 5.74) is 1.14. The fourth-order valence-electron chi connectivity index (χ4n) is 2.45. The van der Waals surface area contributed by atoms with E-state index in [2.05, 4.69) is 22.2 Å². The predicted molar refractivity (Wildman–Crippen MR) is 110 cm³/mol. The molecule has 0 aliphatic rings. The lowest BCUT2D eigenvalue weighted by Crippen LogP contribution is -2.25. The van der Waals surface area contributed by atoms with Crippen molar-refractivity contribution in [1.82, 2.24) is 9.97 Å². The summed E-state index contributed by atoms with van der Waals surface area (Å²) in [7, 11) is 1.53. The van der Waals surface area contributed by atoms with Gasteiger partial charge in [-0.05, 0) is 37.5 Å². The summed E-state index contributed by atoms with van der Waals surface area (Å²) >= 11 is 7.35. The van der Waals surface area contributed by atoms with E-state index in [1.165, 1.54) is 24.9 Å². The number of hydrogen-bond donors (Lipinski definition) is 2. The first-order valence-corrected chi connectivity index (χ1v) is 10.1. The quantitative estimate of drug-likeness (QED) is 0.477. The zero-order valence-electron chi connectivity index (χ0n) is 15.7. The highest BCUT2D eigenvalue weighted by atomic mass is 35.5. The zero-order valence-corrected chi connectivity index (χ0v) is 17.2. The van der Waals surface area contributed by atoms with Crippen LogP contribution in [0, 0.1) is 0 Å². The normalized spacial score (nSPS) is 11.9. The van der Waals surface area contributed by atoms with E-state index in [1.807, 2.05) is 6.92 Å². The molecule has 0 radical (unpaired) electrons. The second-order valence-electron chi connectivity index (χ2n) is 6.00. The van der Waals surface area contributed by atoms with Gasteiger partial charge in [0, 0.05) is 17.4 Å². The molecular formula is C19H24ClN3O3S. The summed E-state index contributed by atoms with van der Waals surface area (Å²) in [6, 6.07) is 6.58. The van der Waals surface area contributed by atoms with Gasteiger partial charge < -0.3 is 15.0 Å². The predicted octanol–water partition coefficient (Wildman–Crippen LogP) is 4.28. The Labute approximate surface area is 168 Å². The molecule has 0 saturated heterocycles. The number of rotatable bonds is 9. The van der Waals surface area contributed by atoms with Gasteiger partial charge in [-0.2, -0.15) is 0 Å². The number of benzene rings is 1. The number of aromatic amines is 1. The van der Waals surface area contributed by atoms with Gasteiger partial charge >= 0.3 is 0 Å². The van der Waals surface area contributed by atoms with Crippen molar-refractivity contribution in [3.05, 3.63) is 45.3 Å². The Morgan fingerprint density at radius 1 is 1.37 bits per heavy atom. The van der Waals surface area contributed by atoms with Gasteiger partial charge in [0.05, 0.1) is 17.4 Å². The lowest BCUT2D eigenvalue weighted by Gasteiger charge is -2.15. The summed E-state index contributed by atoms with van der Waals surface area (Å²) in [4.78, 5) is 31.7. The highest BCUT2D eigenvalue weighted by molar-refractivity contribution is 8.00. The third-order valence-electron chi connectivity index (χ3n) is 3.90. The number of carbonyl (C=O) groups excluding carboxylic acids is 1. The van der Waals surface area contributed by atoms with Crippen LogP contribution in [0.25, 0.3) is 0 Å². The number of ether oxygens (including phenoxy) is 1. The molecular weight excluding hydrogens is 386 g/mol. The lowest BCUT2D eigenvalue weighted by atomic mass is 10.2. The maximum Gasteiger partial charge on any atom is 0.251 e. The molecule has 1 aromatic carbocycles. The fraction of sp³-hybridized carbons (Fsp3) is 0.421. The van der Waals surface area contributed by atoms with E-state index in [1.54, 1.807) is 18.2 Å². The average Bonchev–Trinajstić information content (AvgIpc) is 2.64. The molecule has 2 N–H and O–H groups in total. The van der Waals surface area contributed by atoms with Crippen LogP contribution in [0.15, 0.2) is 34.2 Å². The molecule has 0 spiro atoms. The Bertz CT molecular complexity index is 841. The van der Waals surface area contributed by atoms with Crippen molar-refractivity contribution in [2.75, 3.05) is 12.4 Å². The molecule has 0 aliphatic heterocycles. The highest BCUT2D eigenvalue weighted by Crippen LogP contribution is 2.28.